The van der Waals surface area contributed by atoms with Gasteiger partial charge in [-0.05, 0) is 50.7 Å². The van der Waals surface area contributed by atoms with Crippen LogP contribution in [0.3, 0.4) is 0 Å². The minimum absolute atomic E-state index is 0. The van der Waals surface area contributed by atoms with Crippen LogP contribution in [-0.2, 0) is 12.8 Å². The molecule has 156 valence electrons. The second-order valence-electron chi connectivity index (χ2n) is 7.31. The van der Waals surface area contributed by atoms with Gasteiger partial charge in [0.15, 0.2) is 11.8 Å². The van der Waals surface area contributed by atoms with Gasteiger partial charge in [0.2, 0.25) is 5.89 Å². The normalized spacial score (nSPS) is 12.6. The molecular weight excluding hydrogens is 465 g/mol. The van der Waals surface area contributed by atoms with Crippen molar-refractivity contribution >= 4 is 29.9 Å². The van der Waals surface area contributed by atoms with Crippen molar-refractivity contribution in [1.82, 2.24) is 20.8 Å². The van der Waals surface area contributed by atoms with Crippen molar-refractivity contribution in [2.45, 2.75) is 59.9 Å². The molecule has 0 saturated carbocycles. The summed E-state index contributed by atoms with van der Waals surface area (Å²) in [6, 6.07) is 9.05. The standard InChI is InChI=1S/C21H33N5O.HI/c1-6-22-21(23-13-7-8-20-25-17(5)26-27-20)24-16(4)19-11-9-18(10-12-19)14-15(2)3;/h9-12,15-16H,6-8,13-14H2,1-5H3,(H2,22,23,24);1H. The molecule has 0 saturated heterocycles. The van der Waals surface area contributed by atoms with Crippen molar-refractivity contribution < 1.29 is 4.52 Å². The highest BCUT2D eigenvalue weighted by atomic mass is 127. The van der Waals surface area contributed by atoms with Crippen LogP contribution >= 0.6 is 24.0 Å². The Bertz CT molecular complexity index is 712. The monoisotopic (exact) mass is 499 g/mol. The first-order valence-corrected chi connectivity index (χ1v) is 9.90. The van der Waals surface area contributed by atoms with Crippen LogP contribution in [0.1, 0.15) is 63.0 Å². The number of benzene rings is 1. The molecule has 0 spiro atoms. The SMILES string of the molecule is CCNC(=NCCCc1nc(C)no1)NC(C)c1ccc(CC(C)C)cc1.I. The smallest absolute Gasteiger partial charge is 0.226 e. The van der Waals surface area contributed by atoms with Crippen LogP contribution < -0.4 is 10.6 Å². The van der Waals surface area contributed by atoms with E-state index in [1.54, 1.807) is 0 Å². The number of nitrogens with one attached hydrogen (secondary N) is 2. The number of nitrogens with zero attached hydrogens (tertiary/aromatic N) is 3. The van der Waals surface area contributed by atoms with Gasteiger partial charge >= 0.3 is 0 Å². The number of halogens is 1. The molecule has 1 aromatic heterocycles. The number of aliphatic imine (C=N–C) groups is 1. The van der Waals surface area contributed by atoms with Crippen molar-refractivity contribution in [3.8, 4) is 0 Å². The zero-order valence-corrected chi connectivity index (χ0v) is 20.0. The summed E-state index contributed by atoms with van der Waals surface area (Å²) >= 11 is 0. The zero-order valence-electron chi connectivity index (χ0n) is 17.7. The fraction of sp³-hybridized carbons (Fsp3) is 0.571. The molecule has 0 fully saturated rings. The predicted molar refractivity (Wildman–Crippen MR) is 125 cm³/mol. The van der Waals surface area contributed by atoms with Gasteiger partial charge in [0.25, 0.3) is 0 Å². The Hall–Kier alpha value is -1.64. The predicted octanol–water partition coefficient (Wildman–Crippen LogP) is 4.44. The Morgan fingerprint density at radius 1 is 1.18 bits per heavy atom. The van der Waals surface area contributed by atoms with Gasteiger partial charge in [0.1, 0.15) is 0 Å². The van der Waals surface area contributed by atoms with Gasteiger partial charge in [-0.15, -0.1) is 24.0 Å². The molecule has 28 heavy (non-hydrogen) atoms. The minimum Gasteiger partial charge on any atom is -0.357 e. The van der Waals surface area contributed by atoms with Crippen molar-refractivity contribution in [2.24, 2.45) is 10.9 Å². The Labute approximate surface area is 186 Å². The Balaban J connectivity index is 0.00000392. The summed E-state index contributed by atoms with van der Waals surface area (Å²) in [5.74, 6) is 2.86. The summed E-state index contributed by atoms with van der Waals surface area (Å²) in [6.45, 7) is 12.1. The van der Waals surface area contributed by atoms with Crippen LogP contribution in [0.2, 0.25) is 0 Å². The largest absolute Gasteiger partial charge is 0.357 e. The van der Waals surface area contributed by atoms with Gasteiger partial charge in [-0.2, -0.15) is 4.98 Å². The third-order valence-corrected chi connectivity index (χ3v) is 4.21. The van der Waals surface area contributed by atoms with Crippen molar-refractivity contribution in [3.63, 3.8) is 0 Å². The van der Waals surface area contributed by atoms with Crippen molar-refractivity contribution in [2.75, 3.05) is 13.1 Å². The number of aryl methyl sites for hydroxylation is 2. The van der Waals surface area contributed by atoms with Crippen molar-refractivity contribution in [1.29, 1.82) is 0 Å². The molecule has 0 aliphatic heterocycles. The molecular formula is C21H34IN5O. The van der Waals surface area contributed by atoms with Gasteiger partial charge in [-0.25, -0.2) is 0 Å². The fourth-order valence-corrected chi connectivity index (χ4v) is 2.88. The average molecular weight is 499 g/mol. The van der Waals surface area contributed by atoms with Gasteiger partial charge in [-0.3, -0.25) is 4.99 Å². The van der Waals surface area contributed by atoms with E-state index in [2.05, 4.69) is 77.7 Å². The number of rotatable bonds is 9. The lowest BCUT2D eigenvalue weighted by Crippen LogP contribution is -2.38. The fourth-order valence-electron chi connectivity index (χ4n) is 2.88. The summed E-state index contributed by atoms with van der Waals surface area (Å²) < 4.78 is 5.13. The number of aromatic nitrogens is 2. The van der Waals surface area contributed by atoms with E-state index < -0.39 is 0 Å². The van der Waals surface area contributed by atoms with Gasteiger partial charge in [-0.1, -0.05) is 43.3 Å². The summed E-state index contributed by atoms with van der Waals surface area (Å²) in [6.07, 6.45) is 2.73. The van der Waals surface area contributed by atoms with E-state index in [0.717, 1.165) is 31.8 Å². The lowest BCUT2D eigenvalue weighted by atomic mass is 10.00. The molecule has 2 N–H and O–H groups in total. The van der Waals surface area contributed by atoms with Crippen LogP contribution in [0.5, 0.6) is 0 Å². The summed E-state index contributed by atoms with van der Waals surface area (Å²) in [5.41, 5.74) is 2.65. The summed E-state index contributed by atoms with van der Waals surface area (Å²) in [7, 11) is 0. The first kappa shape index (κ1) is 24.4. The average Bonchev–Trinajstić information content (AvgIpc) is 3.04. The molecule has 0 aliphatic carbocycles. The maximum absolute atomic E-state index is 5.13. The highest BCUT2D eigenvalue weighted by Gasteiger charge is 2.08. The molecule has 1 aromatic carbocycles. The molecule has 1 heterocycles. The van der Waals surface area contributed by atoms with Gasteiger partial charge < -0.3 is 15.2 Å². The van der Waals surface area contributed by atoms with Crippen LogP contribution in [0.15, 0.2) is 33.8 Å². The van der Waals surface area contributed by atoms with E-state index >= 15 is 0 Å². The van der Waals surface area contributed by atoms with Crippen LogP contribution in [-0.4, -0.2) is 29.2 Å². The molecule has 7 heteroatoms. The lowest BCUT2D eigenvalue weighted by Gasteiger charge is -2.18. The molecule has 6 nitrogen and oxygen atoms in total. The Kier molecular flexibility index (Phi) is 11.1. The number of hydrogen-bond donors (Lipinski definition) is 2. The first-order chi connectivity index (χ1) is 13.0. The second kappa shape index (κ2) is 12.7. The molecule has 0 radical (unpaired) electrons. The first-order valence-electron chi connectivity index (χ1n) is 9.90. The van der Waals surface area contributed by atoms with Crippen LogP contribution in [0.25, 0.3) is 0 Å². The third kappa shape index (κ3) is 8.58. The maximum atomic E-state index is 5.13. The van der Waals surface area contributed by atoms with Crippen LogP contribution in [0.4, 0.5) is 0 Å². The highest BCUT2D eigenvalue weighted by molar-refractivity contribution is 14.0. The molecule has 1 atom stereocenters. The zero-order chi connectivity index (χ0) is 19.6. The topological polar surface area (TPSA) is 75.3 Å². The molecule has 1 unspecified atom stereocenters. The van der Waals surface area contributed by atoms with Crippen molar-refractivity contribution in [3.05, 3.63) is 47.1 Å². The highest BCUT2D eigenvalue weighted by Crippen LogP contribution is 2.15. The van der Waals surface area contributed by atoms with E-state index in [1.807, 2.05) is 6.92 Å². The summed E-state index contributed by atoms with van der Waals surface area (Å²) in [4.78, 5) is 8.88. The molecule has 0 aliphatic rings. The van der Waals surface area contributed by atoms with E-state index in [9.17, 15) is 0 Å². The van der Waals surface area contributed by atoms with E-state index in [1.165, 1.54) is 11.1 Å². The molecule has 0 bridgehead atoms. The number of guanidine groups is 1. The lowest BCUT2D eigenvalue weighted by molar-refractivity contribution is 0.372. The van der Waals surface area contributed by atoms with Gasteiger partial charge in [0, 0.05) is 19.5 Å². The minimum atomic E-state index is 0. The van der Waals surface area contributed by atoms with E-state index in [-0.39, 0.29) is 30.0 Å². The quantitative estimate of drug-likeness (QED) is 0.231. The molecule has 0 amide bonds. The van der Waals surface area contributed by atoms with E-state index in [0.29, 0.717) is 24.2 Å². The van der Waals surface area contributed by atoms with E-state index in [4.69, 9.17) is 4.52 Å². The molecule has 2 rings (SSSR count). The van der Waals surface area contributed by atoms with Gasteiger partial charge in [0.05, 0.1) is 6.04 Å². The summed E-state index contributed by atoms with van der Waals surface area (Å²) in [5, 5.41) is 10.6. The maximum Gasteiger partial charge on any atom is 0.226 e. The second-order valence-corrected chi connectivity index (χ2v) is 7.31. The Morgan fingerprint density at radius 3 is 2.46 bits per heavy atom. The van der Waals surface area contributed by atoms with Crippen LogP contribution in [0, 0.1) is 12.8 Å². The number of hydrogen-bond acceptors (Lipinski definition) is 4. The Morgan fingerprint density at radius 2 is 1.89 bits per heavy atom. The third-order valence-electron chi connectivity index (χ3n) is 4.21. The molecule has 2 aromatic rings.